The summed E-state index contributed by atoms with van der Waals surface area (Å²) in [5.41, 5.74) is 1.64. The number of aliphatic carboxylic acids is 1. The molecular weight excluding hydrogens is 206 g/mol. The summed E-state index contributed by atoms with van der Waals surface area (Å²) in [6.45, 7) is 1.84. The van der Waals surface area contributed by atoms with E-state index in [-0.39, 0.29) is 0 Å². The zero-order chi connectivity index (χ0) is 11.7. The lowest BCUT2D eigenvalue weighted by Gasteiger charge is -2.09. The van der Waals surface area contributed by atoms with Crippen LogP contribution in [-0.4, -0.2) is 25.6 Å². The molecule has 0 aliphatic carbocycles. The fourth-order valence-electron chi connectivity index (χ4n) is 1.83. The largest absolute Gasteiger partial charge is 0.481 e. The Morgan fingerprint density at radius 1 is 1.62 bits per heavy atom. The number of hydrogen-bond donors (Lipinski definition) is 1. The van der Waals surface area contributed by atoms with Crippen molar-refractivity contribution >= 4 is 17.0 Å². The van der Waals surface area contributed by atoms with Crippen molar-refractivity contribution in [1.82, 2.24) is 14.5 Å². The zero-order valence-corrected chi connectivity index (χ0v) is 9.21. The predicted octanol–water partition coefficient (Wildman–Crippen LogP) is 1.55. The molecular formula is C11H13N3O2. The zero-order valence-electron chi connectivity index (χ0n) is 9.21. The van der Waals surface area contributed by atoms with Crippen molar-refractivity contribution in [3.8, 4) is 0 Å². The third-order valence-electron chi connectivity index (χ3n) is 2.74. The lowest BCUT2D eigenvalue weighted by Crippen LogP contribution is -2.15. The van der Waals surface area contributed by atoms with Crippen LogP contribution in [0.3, 0.4) is 0 Å². The number of nitrogens with zero attached hydrogens (tertiary/aromatic N) is 3. The van der Waals surface area contributed by atoms with Crippen LogP contribution in [0.15, 0.2) is 18.5 Å². The van der Waals surface area contributed by atoms with Crippen LogP contribution < -0.4 is 0 Å². The van der Waals surface area contributed by atoms with Gasteiger partial charge in [0.15, 0.2) is 0 Å². The first-order chi connectivity index (χ1) is 7.65. The molecule has 0 saturated carbocycles. The number of imidazole rings is 1. The Bertz CT molecular complexity index is 533. The first-order valence-electron chi connectivity index (χ1n) is 5.14. The highest BCUT2D eigenvalue weighted by molar-refractivity contribution is 5.79. The van der Waals surface area contributed by atoms with Gasteiger partial charge in [-0.2, -0.15) is 0 Å². The second-order valence-corrected chi connectivity index (χ2v) is 3.69. The third-order valence-corrected chi connectivity index (χ3v) is 2.74. The minimum Gasteiger partial charge on any atom is -0.481 e. The van der Waals surface area contributed by atoms with Crippen LogP contribution in [-0.2, 0) is 11.8 Å². The van der Waals surface area contributed by atoms with E-state index in [1.54, 1.807) is 23.0 Å². The molecule has 1 unspecified atom stereocenters. The Hall–Kier alpha value is -1.91. The smallest absolute Gasteiger partial charge is 0.314 e. The molecule has 0 fully saturated rings. The number of fused-ring (bicyclic) bond motifs is 1. The summed E-state index contributed by atoms with van der Waals surface area (Å²) in [5.74, 6) is -0.815. The van der Waals surface area contributed by atoms with E-state index in [4.69, 9.17) is 5.11 Å². The molecule has 5 nitrogen and oxygen atoms in total. The van der Waals surface area contributed by atoms with E-state index in [1.807, 2.05) is 14.0 Å². The molecule has 0 amide bonds. The lowest BCUT2D eigenvalue weighted by molar-refractivity contribution is -0.139. The van der Waals surface area contributed by atoms with Gasteiger partial charge in [-0.05, 0) is 12.5 Å². The van der Waals surface area contributed by atoms with Crippen molar-refractivity contribution in [1.29, 1.82) is 0 Å². The summed E-state index contributed by atoms with van der Waals surface area (Å²) >= 11 is 0. The Balaban J connectivity index is 2.60. The van der Waals surface area contributed by atoms with Crippen LogP contribution in [0.1, 0.15) is 25.1 Å². The van der Waals surface area contributed by atoms with Crippen LogP contribution in [0.25, 0.3) is 11.0 Å². The molecule has 5 heteroatoms. The topological polar surface area (TPSA) is 68.0 Å². The Morgan fingerprint density at radius 2 is 2.38 bits per heavy atom. The molecule has 0 aromatic carbocycles. The molecule has 0 bridgehead atoms. The average Bonchev–Trinajstić information content (AvgIpc) is 2.58. The van der Waals surface area contributed by atoms with Crippen LogP contribution in [0.4, 0.5) is 0 Å². The number of aryl methyl sites for hydroxylation is 1. The molecule has 84 valence electrons. The predicted molar refractivity (Wildman–Crippen MR) is 59.2 cm³/mol. The summed E-state index contributed by atoms with van der Waals surface area (Å²) in [4.78, 5) is 19.4. The van der Waals surface area contributed by atoms with Crippen molar-refractivity contribution in [3.05, 3.63) is 24.3 Å². The summed E-state index contributed by atoms with van der Waals surface area (Å²) in [6, 6.07) is 1.79. The minimum absolute atomic E-state index is 0.528. The van der Waals surface area contributed by atoms with Crippen LogP contribution in [0.5, 0.6) is 0 Å². The number of carbonyl (C=O) groups is 1. The van der Waals surface area contributed by atoms with Crippen molar-refractivity contribution < 1.29 is 9.90 Å². The van der Waals surface area contributed by atoms with E-state index in [2.05, 4.69) is 9.97 Å². The van der Waals surface area contributed by atoms with Gasteiger partial charge in [0.2, 0.25) is 0 Å². The van der Waals surface area contributed by atoms with Gasteiger partial charge in [0.05, 0.1) is 17.2 Å². The summed E-state index contributed by atoms with van der Waals surface area (Å²) in [7, 11) is 1.82. The number of carboxylic acids is 1. The highest BCUT2D eigenvalue weighted by Crippen LogP contribution is 2.22. The number of aromatic nitrogens is 3. The molecule has 0 aliphatic heterocycles. The molecule has 0 saturated heterocycles. The molecule has 16 heavy (non-hydrogen) atoms. The van der Waals surface area contributed by atoms with E-state index in [1.165, 1.54) is 0 Å². The van der Waals surface area contributed by atoms with Crippen LogP contribution in [0.2, 0.25) is 0 Å². The summed E-state index contributed by atoms with van der Waals surface area (Å²) in [5, 5.41) is 9.11. The van der Waals surface area contributed by atoms with Gasteiger partial charge in [0, 0.05) is 13.2 Å². The first kappa shape index (κ1) is 10.6. The van der Waals surface area contributed by atoms with E-state index >= 15 is 0 Å². The van der Waals surface area contributed by atoms with Gasteiger partial charge in [-0.3, -0.25) is 9.78 Å². The summed E-state index contributed by atoms with van der Waals surface area (Å²) in [6.07, 6.45) is 3.88. The number of pyridine rings is 1. The number of rotatable bonds is 3. The lowest BCUT2D eigenvalue weighted by atomic mass is 10.1. The highest BCUT2D eigenvalue weighted by atomic mass is 16.4. The maximum absolute atomic E-state index is 11.1. The van der Waals surface area contributed by atoms with Crippen molar-refractivity contribution in [2.24, 2.45) is 7.05 Å². The van der Waals surface area contributed by atoms with E-state index < -0.39 is 11.9 Å². The molecule has 1 N–H and O–H groups in total. The standard InChI is InChI=1S/C11H13N3O2/c1-3-7(11(15)16)10-13-8-4-5-12-6-9(8)14(10)2/h4-7H,3H2,1-2H3,(H,15,16). The van der Waals surface area contributed by atoms with Crippen molar-refractivity contribution in [2.45, 2.75) is 19.3 Å². The fraction of sp³-hybridized carbons (Fsp3) is 0.364. The van der Waals surface area contributed by atoms with E-state index in [0.717, 1.165) is 11.0 Å². The minimum atomic E-state index is -0.839. The van der Waals surface area contributed by atoms with Crippen molar-refractivity contribution in [3.63, 3.8) is 0 Å². The quantitative estimate of drug-likeness (QED) is 0.850. The second-order valence-electron chi connectivity index (χ2n) is 3.69. The van der Waals surface area contributed by atoms with Crippen LogP contribution >= 0.6 is 0 Å². The normalized spacial score (nSPS) is 12.9. The maximum Gasteiger partial charge on any atom is 0.314 e. The van der Waals surface area contributed by atoms with Gasteiger partial charge in [0.25, 0.3) is 0 Å². The van der Waals surface area contributed by atoms with Gasteiger partial charge in [-0.15, -0.1) is 0 Å². The molecule has 2 heterocycles. The third kappa shape index (κ3) is 1.54. The van der Waals surface area contributed by atoms with Gasteiger partial charge in [0.1, 0.15) is 11.7 Å². The Labute approximate surface area is 92.8 Å². The molecule has 2 aromatic heterocycles. The number of carboxylic acid groups (broad SMARTS) is 1. The maximum atomic E-state index is 11.1. The van der Waals surface area contributed by atoms with Crippen molar-refractivity contribution in [2.75, 3.05) is 0 Å². The molecule has 0 aliphatic rings. The second kappa shape index (κ2) is 3.92. The monoisotopic (exact) mass is 219 g/mol. The molecule has 2 aromatic rings. The number of hydrogen-bond acceptors (Lipinski definition) is 3. The SMILES string of the molecule is CCC(C(=O)O)c1nc2ccncc2n1C. The van der Waals surface area contributed by atoms with Gasteiger partial charge in [-0.1, -0.05) is 6.92 Å². The molecule has 1 atom stereocenters. The van der Waals surface area contributed by atoms with Gasteiger partial charge in [-0.25, -0.2) is 4.98 Å². The molecule has 0 radical (unpaired) electrons. The molecule has 0 spiro atoms. The average molecular weight is 219 g/mol. The Morgan fingerprint density at radius 3 is 2.94 bits per heavy atom. The molecule has 2 rings (SSSR count). The first-order valence-corrected chi connectivity index (χ1v) is 5.14. The summed E-state index contributed by atoms with van der Waals surface area (Å²) < 4.78 is 1.80. The highest BCUT2D eigenvalue weighted by Gasteiger charge is 2.23. The van der Waals surface area contributed by atoms with Crippen LogP contribution in [0, 0.1) is 0 Å². The Kier molecular flexibility index (Phi) is 2.60. The van der Waals surface area contributed by atoms with E-state index in [9.17, 15) is 4.79 Å². The van der Waals surface area contributed by atoms with E-state index in [0.29, 0.717) is 12.2 Å². The fourth-order valence-corrected chi connectivity index (χ4v) is 1.83. The van der Waals surface area contributed by atoms with Gasteiger partial charge < -0.3 is 9.67 Å². The van der Waals surface area contributed by atoms with Gasteiger partial charge >= 0.3 is 5.97 Å².